The zero-order chi connectivity index (χ0) is 18.6. The number of nitrogens with one attached hydrogen (secondary N) is 3. The molecule has 0 radical (unpaired) electrons. The molecule has 0 bridgehead atoms. The first-order chi connectivity index (χ1) is 11.9. The Morgan fingerprint density at radius 3 is 2.44 bits per heavy atom. The first kappa shape index (κ1) is 18.4. The van der Waals surface area contributed by atoms with Crippen molar-refractivity contribution in [2.24, 2.45) is 0 Å². The molecule has 1 aromatic carbocycles. The third kappa shape index (κ3) is 4.13. The Hall–Kier alpha value is -2.94. The lowest BCUT2D eigenvalue weighted by Crippen LogP contribution is -2.41. The second-order valence-corrected chi connectivity index (χ2v) is 6.35. The second kappa shape index (κ2) is 7.75. The van der Waals surface area contributed by atoms with E-state index in [0.717, 1.165) is 22.9 Å². The number of aryl methyl sites for hydroxylation is 2. The lowest BCUT2D eigenvalue weighted by Gasteiger charge is -2.08. The number of anilines is 1. The van der Waals surface area contributed by atoms with Crippen molar-refractivity contribution in [3.05, 3.63) is 55.3 Å². The van der Waals surface area contributed by atoms with E-state index in [2.05, 4.69) is 16.2 Å². The molecule has 9 heteroatoms. The molecule has 2 rings (SSSR count). The molecule has 8 nitrogen and oxygen atoms in total. The normalized spacial score (nSPS) is 10.2. The number of carbonyl (C=O) groups excluding carboxylic acids is 2. The molecule has 2 aromatic rings. The number of benzene rings is 1. The van der Waals surface area contributed by atoms with E-state index in [-0.39, 0.29) is 11.3 Å². The number of nitro benzene ring substituents is 1. The Morgan fingerprint density at radius 1 is 1.20 bits per heavy atom. The van der Waals surface area contributed by atoms with Crippen LogP contribution in [-0.2, 0) is 6.42 Å². The average molecular weight is 362 g/mol. The van der Waals surface area contributed by atoms with Crippen molar-refractivity contribution in [2.45, 2.75) is 20.3 Å². The highest BCUT2D eigenvalue weighted by molar-refractivity contribution is 7.14. The average Bonchev–Trinajstić information content (AvgIpc) is 2.99. The molecule has 0 atom stereocenters. The highest BCUT2D eigenvalue weighted by atomic mass is 32.1. The van der Waals surface area contributed by atoms with Gasteiger partial charge < -0.3 is 5.32 Å². The Balaban J connectivity index is 2.08. The van der Waals surface area contributed by atoms with Gasteiger partial charge in [0.1, 0.15) is 5.69 Å². The zero-order valence-corrected chi connectivity index (χ0v) is 14.8. The minimum absolute atomic E-state index is 0.0719. The van der Waals surface area contributed by atoms with Gasteiger partial charge in [0.25, 0.3) is 17.5 Å². The largest absolute Gasteiger partial charge is 0.383 e. The van der Waals surface area contributed by atoms with Crippen molar-refractivity contribution < 1.29 is 14.5 Å². The van der Waals surface area contributed by atoms with Crippen molar-refractivity contribution in [3.63, 3.8) is 0 Å². The summed E-state index contributed by atoms with van der Waals surface area (Å²) in [6.07, 6.45) is 0.831. The molecule has 0 unspecified atom stereocenters. The Bertz CT molecular complexity index is 832. The van der Waals surface area contributed by atoms with Gasteiger partial charge in [-0.2, -0.15) is 0 Å². The van der Waals surface area contributed by atoms with Crippen molar-refractivity contribution in [1.29, 1.82) is 0 Å². The number of hydrogen-bond acceptors (Lipinski definition) is 6. The number of carbonyl (C=O) groups is 2. The molecule has 1 aromatic heterocycles. The predicted molar refractivity (Wildman–Crippen MR) is 96.0 cm³/mol. The maximum atomic E-state index is 12.1. The van der Waals surface area contributed by atoms with Crippen LogP contribution >= 0.6 is 11.3 Å². The maximum Gasteiger partial charge on any atom is 0.293 e. The molecule has 0 fully saturated rings. The number of nitrogens with zero attached hydrogens (tertiary/aromatic N) is 1. The van der Waals surface area contributed by atoms with Gasteiger partial charge in [-0.3, -0.25) is 30.6 Å². The van der Waals surface area contributed by atoms with E-state index in [1.54, 1.807) is 13.1 Å². The van der Waals surface area contributed by atoms with Crippen LogP contribution in [0.4, 0.5) is 11.4 Å². The molecule has 0 spiro atoms. The van der Waals surface area contributed by atoms with Gasteiger partial charge in [-0.1, -0.05) is 6.92 Å². The number of hydrogen-bond donors (Lipinski definition) is 3. The van der Waals surface area contributed by atoms with E-state index in [1.165, 1.54) is 23.5 Å². The van der Waals surface area contributed by atoms with Gasteiger partial charge in [-0.25, -0.2) is 0 Å². The van der Waals surface area contributed by atoms with Crippen molar-refractivity contribution in [3.8, 4) is 0 Å². The molecule has 1 heterocycles. The summed E-state index contributed by atoms with van der Waals surface area (Å²) in [6, 6.07) is 5.78. The van der Waals surface area contributed by atoms with Gasteiger partial charge >= 0.3 is 0 Å². The summed E-state index contributed by atoms with van der Waals surface area (Å²) in [7, 11) is 1.55. The minimum atomic E-state index is -0.636. The number of hydrazine groups is 1. The van der Waals surface area contributed by atoms with Gasteiger partial charge in [0.2, 0.25) is 0 Å². The van der Waals surface area contributed by atoms with Gasteiger partial charge in [0.15, 0.2) is 0 Å². The Labute approximate surface area is 148 Å². The van der Waals surface area contributed by atoms with E-state index < -0.39 is 16.7 Å². The van der Waals surface area contributed by atoms with Crippen molar-refractivity contribution in [2.75, 3.05) is 12.4 Å². The third-order valence-corrected chi connectivity index (χ3v) is 4.96. The van der Waals surface area contributed by atoms with Crippen molar-refractivity contribution >= 4 is 34.5 Å². The van der Waals surface area contributed by atoms with E-state index in [4.69, 9.17) is 0 Å². The minimum Gasteiger partial charge on any atom is -0.383 e. The topological polar surface area (TPSA) is 113 Å². The Morgan fingerprint density at radius 2 is 1.88 bits per heavy atom. The van der Waals surface area contributed by atoms with E-state index in [9.17, 15) is 19.7 Å². The molecule has 0 aliphatic rings. The molecule has 3 N–H and O–H groups in total. The fourth-order valence-corrected chi connectivity index (χ4v) is 3.27. The van der Waals surface area contributed by atoms with Crippen LogP contribution in [0.2, 0.25) is 0 Å². The standard InChI is InChI=1S/C16H18N4O4S/c1-4-13-9(2)7-14(25-13)16(22)19-18-15(21)10-5-6-11(17-3)12(8-10)20(23)24/h5-8,17H,4H2,1-3H3,(H,18,21)(H,19,22). The molecule has 0 saturated heterocycles. The van der Waals surface area contributed by atoms with Crippen LogP contribution in [0.1, 0.15) is 37.4 Å². The van der Waals surface area contributed by atoms with Crippen LogP contribution in [0.3, 0.4) is 0 Å². The first-order valence-corrected chi connectivity index (χ1v) is 8.35. The lowest BCUT2D eigenvalue weighted by atomic mass is 10.1. The van der Waals surface area contributed by atoms with Gasteiger partial charge in [-0.15, -0.1) is 11.3 Å². The molecule has 2 amide bonds. The summed E-state index contributed by atoms with van der Waals surface area (Å²) < 4.78 is 0. The monoisotopic (exact) mass is 362 g/mol. The third-order valence-electron chi connectivity index (χ3n) is 3.58. The molecular weight excluding hydrogens is 344 g/mol. The summed E-state index contributed by atoms with van der Waals surface area (Å²) in [5.74, 6) is -1.06. The number of nitro groups is 1. The van der Waals surface area contributed by atoms with Crippen LogP contribution < -0.4 is 16.2 Å². The van der Waals surface area contributed by atoms with Gasteiger partial charge in [0.05, 0.1) is 9.80 Å². The quantitative estimate of drug-likeness (QED) is 0.559. The van der Waals surface area contributed by atoms with E-state index in [0.29, 0.717) is 10.6 Å². The number of thiophene rings is 1. The smallest absolute Gasteiger partial charge is 0.293 e. The molecule has 25 heavy (non-hydrogen) atoms. The van der Waals surface area contributed by atoms with Crippen LogP contribution in [0.15, 0.2) is 24.3 Å². The highest BCUT2D eigenvalue weighted by Gasteiger charge is 2.18. The fourth-order valence-electron chi connectivity index (χ4n) is 2.27. The summed E-state index contributed by atoms with van der Waals surface area (Å²) in [6.45, 7) is 3.93. The number of rotatable bonds is 5. The van der Waals surface area contributed by atoms with E-state index in [1.807, 2.05) is 13.8 Å². The second-order valence-electron chi connectivity index (χ2n) is 5.22. The molecule has 132 valence electrons. The van der Waals surface area contributed by atoms with Crippen LogP contribution in [-0.4, -0.2) is 23.8 Å². The first-order valence-electron chi connectivity index (χ1n) is 7.53. The SMILES string of the molecule is CCc1sc(C(=O)NNC(=O)c2ccc(NC)c([N+](=O)[O-])c2)cc1C. The molecular formula is C16H18N4O4S. The molecule has 0 aliphatic carbocycles. The van der Waals surface area contributed by atoms with Crippen LogP contribution in [0.25, 0.3) is 0 Å². The maximum absolute atomic E-state index is 12.1. The molecule has 0 saturated carbocycles. The van der Waals surface area contributed by atoms with Crippen molar-refractivity contribution in [1.82, 2.24) is 10.9 Å². The van der Waals surface area contributed by atoms with Gasteiger partial charge in [-0.05, 0) is 37.1 Å². The van der Waals surface area contributed by atoms with E-state index >= 15 is 0 Å². The summed E-state index contributed by atoms with van der Waals surface area (Å²) in [5.41, 5.74) is 5.78. The summed E-state index contributed by atoms with van der Waals surface area (Å²) in [4.78, 5) is 36.3. The fraction of sp³-hybridized carbons (Fsp3) is 0.250. The van der Waals surface area contributed by atoms with Crippen LogP contribution in [0.5, 0.6) is 0 Å². The van der Waals surface area contributed by atoms with Crippen LogP contribution in [0, 0.1) is 17.0 Å². The predicted octanol–water partition coefficient (Wildman–Crippen LogP) is 2.64. The zero-order valence-electron chi connectivity index (χ0n) is 14.0. The summed E-state index contributed by atoms with van der Waals surface area (Å²) >= 11 is 1.37. The molecule has 0 aliphatic heterocycles. The van der Waals surface area contributed by atoms with Gasteiger partial charge in [0, 0.05) is 23.6 Å². The summed E-state index contributed by atoms with van der Waals surface area (Å²) in [5, 5.41) is 13.7. The highest BCUT2D eigenvalue weighted by Crippen LogP contribution is 2.25. The Kier molecular flexibility index (Phi) is 5.71. The lowest BCUT2D eigenvalue weighted by molar-refractivity contribution is -0.384. The number of amides is 2.